The van der Waals surface area contributed by atoms with Crippen molar-refractivity contribution < 1.29 is 9.59 Å². The molecular weight excluding hydrogens is 218 g/mol. The molecule has 5 heteroatoms. The number of hydrogen-bond acceptors (Lipinski definition) is 4. The minimum atomic E-state index is -0.693. The smallest absolute Gasteiger partial charge is 0.226 e. The molecular formula is C12H17N3O2. The molecule has 1 atom stereocenters. The van der Waals surface area contributed by atoms with Gasteiger partial charge in [-0.25, -0.2) is 0 Å². The van der Waals surface area contributed by atoms with Gasteiger partial charge in [0.25, 0.3) is 0 Å². The number of carbonyl (C=O) groups excluding carboxylic acids is 2. The highest BCUT2D eigenvalue weighted by Crippen LogP contribution is 2.22. The van der Waals surface area contributed by atoms with Gasteiger partial charge in [-0.05, 0) is 12.8 Å². The molecule has 0 aromatic heterocycles. The molecule has 0 aliphatic heterocycles. The van der Waals surface area contributed by atoms with Crippen LogP contribution in [-0.2, 0) is 9.59 Å². The van der Waals surface area contributed by atoms with Crippen molar-refractivity contribution in [2.24, 2.45) is 11.7 Å². The molecule has 0 heterocycles. The molecule has 0 spiro atoms. The minimum Gasteiger partial charge on any atom is -0.388 e. The maximum absolute atomic E-state index is 11.3. The van der Waals surface area contributed by atoms with Gasteiger partial charge in [0.1, 0.15) is 6.29 Å². The second-order valence-electron chi connectivity index (χ2n) is 3.83. The summed E-state index contributed by atoms with van der Waals surface area (Å²) in [6.45, 7) is 0. The Morgan fingerprint density at radius 1 is 1.65 bits per heavy atom. The Morgan fingerprint density at radius 2 is 2.35 bits per heavy atom. The normalized spacial score (nSPS) is 15.8. The van der Waals surface area contributed by atoms with Crippen LogP contribution in [0.1, 0.15) is 19.3 Å². The van der Waals surface area contributed by atoms with Crippen LogP contribution in [0.25, 0.3) is 0 Å². The quantitative estimate of drug-likeness (QED) is 0.443. The van der Waals surface area contributed by atoms with Crippen molar-refractivity contribution >= 4 is 17.9 Å². The van der Waals surface area contributed by atoms with Gasteiger partial charge < -0.3 is 21.3 Å². The highest BCUT2D eigenvalue weighted by molar-refractivity contribution is 6.13. The number of allylic oxidation sites excluding steroid dienone is 3. The number of primary amides is 1. The minimum absolute atomic E-state index is 0.192. The van der Waals surface area contributed by atoms with Crippen LogP contribution in [0.4, 0.5) is 0 Å². The molecule has 1 aliphatic rings. The molecule has 0 bridgehead atoms. The van der Waals surface area contributed by atoms with Gasteiger partial charge in [0.15, 0.2) is 0 Å². The summed E-state index contributed by atoms with van der Waals surface area (Å²) in [5.41, 5.74) is 7.01. The second kappa shape index (κ2) is 5.98. The summed E-state index contributed by atoms with van der Waals surface area (Å²) in [5.74, 6) is -1.25. The van der Waals surface area contributed by atoms with E-state index in [9.17, 15) is 9.59 Å². The molecule has 4 N–H and O–H groups in total. The van der Waals surface area contributed by atoms with E-state index < -0.39 is 11.8 Å². The highest BCUT2D eigenvalue weighted by atomic mass is 16.1. The van der Waals surface area contributed by atoms with Crippen molar-refractivity contribution in [2.75, 3.05) is 7.05 Å². The molecule has 0 radical (unpaired) electrons. The van der Waals surface area contributed by atoms with Crippen molar-refractivity contribution in [3.8, 4) is 0 Å². The summed E-state index contributed by atoms with van der Waals surface area (Å²) in [6, 6.07) is 0. The van der Waals surface area contributed by atoms with E-state index in [-0.39, 0.29) is 12.1 Å². The Kier molecular flexibility index (Phi) is 4.63. The SMILES string of the molecule is CNC1=CCC=C1C(=N)C(CCC=O)C(N)=O. The first kappa shape index (κ1) is 13.2. The maximum atomic E-state index is 11.3. The molecule has 1 aliphatic carbocycles. The predicted octanol–water partition coefficient (Wildman–Crippen LogP) is 0.520. The first-order chi connectivity index (χ1) is 8.11. The molecule has 1 unspecified atom stereocenters. The van der Waals surface area contributed by atoms with Crippen molar-refractivity contribution in [3.05, 3.63) is 23.4 Å². The lowest BCUT2D eigenvalue weighted by Gasteiger charge is -2.16. The molecule has 1 rings (SSSR count). The van der Waals surface area contributed by atoms with Crippen molar-refractivity contribution in [3.63, 3.8) is 0 Å². The molecule has 0 saturated carbocycles. The number of amides is 1. The predicted molar refractivity (Wildman–Crippen MR) is 65.6 cm³/mol. The summed E-state index contributed by atoms with van der Waals surface area (Å²) in [7, 11) is 1.77. The monoisotopic (exact) mass is 235 g/mol. The number of carbonyl (C=O) groups is 2. The Bertz CT molecular complexity index is 397. The number of likely N-dealkylation sites (N-methyl/N-ethyl adjacent to an activating group) is 1. The molecule has 92 valence electrons. The van der Waals surface area contributed by atoms with Crippen molar-refractivity contribution in [2.45, 2.75) is 19.3 Å². The summed E-state index contributed by atoms with van der Waals surface area (Å²) in [5, 5.41) is 11.0. The largest absolute Gasteiger partial charge is 0.388 e. The topological polar surface area (TPSA) is 96.0 Å². The maximum Gasteiger partial charge on any atom is 0.226 e. The molecule has 0 fully saturated rings. The molecule has 1 amide bonds. The second-order valence-corrected chi connectivity index (χ2v) is 3.83. The highest BCUT2D eigenvalue weighted by Gasteiger charge is 2.25. The fourth-order valence-electron chi connectivity index (χ4n) is 1.86. The van der Waals surface area contributed by atoms with E-state index in [1.54, 1.807) is 7.05 Å². The van der Waals surface area contributed by atoms with Crippen LogP contribution in [0.15, 0.2) is 23.4 Å². The molecule has 0 saturated heterocycles. The fourth-order valence-corrected chi connectivity index (χ4v) is 1.86. The van der Waals surface area contributed by atoms with Gasteiger partial charge in [0, 0.05) is 24.7 Å². The lowest BCUT2D eigenvalue weighted by molar-refractivity contribution is -0.120. The van der Waals surface area contributed by atoms with Crippen LogP contribution < -0.4 is 11.1 Å². The zero-order chi connectivity index (χ0) is 12.8. The van der Waals surface area contributed by atoms with Crippen LogP contribution in [-0.4, -0.2) is 25.0 Å². The summed E-state index contributed by atoms with van der Waals surface area (Å²) in [4.78, 5) is 21.6. The Morgan fingerprint density at radius 3 is 2.88 bits per heavy atom. The van der Waals surface area contributed by atoms with E-state index in [4.69, 9.17) is 11.1 Å². The van der Waals surface area contributed by atoms with E-state index in [0.29, 0.717) is 12.0 Å². The summed E-state index contributed by atoms with van der Waals surface area (Å²) in [6.07, 6.45) is 5.84. The third-order valence-electron chi connectivity index (χ3n) is 2.76. The standard InChI is InChI=1S/C12H17N3O2/c1-15-10-6-2-4-8(10)11(13)9(12(14)17)5-3-7-16/h4,6-7,9,13,15H,2-3,5H2,1H3,(H2,14,17). The first-order valence-corrected chi connectivity index (χ1v) is 5.52. The van der Waals surface area contributed by atoms with Crippen LogP contribution in [0.5, 0.6) is 0 Å². The lowest BCUT2D eigenvalue weighted by atomic mass is 9.91. The van der Waals surface area contributed by atoms with Crippen molar-refractivity contribution in [1.82, 2.24) is 5.32 Å². The summed E-state index contributed by atoms with van der Waals surface area (Å²) >= 11 is 0. The van der Waals surface area contributed by atoms with Gasteiger partial charge in [-0.2, -0.15) is 0 Å². The zero-order valence-corrected chi connectivity index (χ0v) is 9.82. The van der Waals surface area contributed by atoms with Crippen LogP contribution in [0.3, 0.4) is 0 Å². The molecule has 17 heavy (non-hydrogen) atoms. The molecule has 0 aromatic rings. The van der Waals surface area contributed by atoms with E-state index in [0.717, 1.165) is 18.4 Å². The third kappa shape index (κ3) is 3.03. The molecule has 5 nitrogen and oxygen atoms in total. The number of rotatable bonds is 7. The van der Waals surface area contributed by atoms with Crippen LogP contribution >= 0.6 is 0 Å². The Labute approximate surface area is 100 Å². The zero-order valence-electron chi connectivity index (χ0n) is 9.82. The number of hydrogen-bond donors (Lipinski definition) is 3. The molecule has 0 aromatic carbocycles. The van der Waals surface area contributed by atoms with E-state index >= 15 is 0 Å². The van der Waals surface area contributed by atoms with Crippen molar-refractivity contribution in [1.29, 1.82) is 5.41 Å². The average molecular weight is 235 g/mol. The third-order valence-corrected chi connectivity index (χ3v) is 2.76. The van der Waals surface area contributed by atoms with E-state index in [1.165, 1.54) is 0 Å². The first-order valence-electron chi connectivity index (χ1n) is 5.52. The van der Waals surface area contributed by atoms with Crippen LogP contribution in [0.2, 0.25) is 0 Å². The van der Waals surface area contributed by atoms with Gasteiger partial charge in [0.05, 0.1) is 11.6 Å². The lowest BCUT2D eigenvalue weighted by Crippen LogP contribution is -2.32. The summed E-state index contributed by atoms with van der Waals surface area (Å²) < 4.78 is 0. The van der Waals surface area contributed by atoms with Gasteiger partial charge in [-0.1, -0.05) is 12.2 Å². The van der Waals surface area contributed by atoms with E-state index in [2.05, 4.69) is 5.32 Å². The fraction of sp³-hybridized carbons (Fsp3) is 0.417. The Hall–Kier alpha value is -1.91. The van der Waals surface area contributed by atoms with Gasteiger partial charge in [-0.15, -0.1) is 0 Å². The van der Waals surface area contributed by atoms with Crippen LogP contribution in [0, 0.1) is 11.3 Å². The number of nitrogens with two attached hydrogens (primary N) is 1. The Balaban J connectivity index is 2.82. The number of nitrogens with one attached hydrogen (secondary N) is 2. The van der Waals surface area contributed by atoms with Gasteiger partial charge in [0.2, 0.25) is 5.91 Å². The van der Waals surface area contributed by atoms with Gasteiger partial charge >= 0.3 is 0 Å². The average Bonchev–Trinajstić information content (AvgIpc) is 2.76. The number of aldehydes is 1. The van der Waals surface area contributed by atoms with E-state index in [1.807, 2.05) is 12.2 Å². The van der Waals surface area contributed by atoms with Gasteiger partial charge in [-0.3, -0.25) is 4.79 Å².